The van der Waals surface area contributed by atoms with Crippen LogP contribution < -0.4 is 16.8 Å². The molecule has 0 bridgehead atoms. The number of amides is 1. The number of aromatic nitrogens is 2. The molecule has 5 rings (SSSR count). The van der Waals surface area contributed by atoms with Crippen LogP contribution in [0, 0.1) is 11.7 Å². The maximum Gasteiger partial charge on any atom is 0.435 e. The largest absolute Gasteiger partial charge is 0.435 e. The molecule has 1 unspecified atom stereocenters. The van der Waals surface area contributed by atoms with E-state index >= 15 is 4.39 Å². The van der Waals surface area contributed by atoms with Gasteiger partial charge in [-0.3, -0.25) is 4.79 Å². The van der Waals surface area contributed by atoms with Crippen LogP contribution in [-0.4, -0.2) is 22.3 Å². The van der Waals surface area contributed by atoms with Gasteiger partial charge in [0.25, 0.3) is 5.91 Å². The number of anilines is 2. The number of hydrogen-bond acceptors (Lipinski definition) is 5. The third kappa shape index (κ3) is 6.16. The Hall–Kier alpha value is -4.22. The number of nitrogens with two attached hydrogens (primary N) is 2. The van der Waals surface area contributed by atoms with Crippen molar-refractivity contribution in [2.24, 2.45) is 11.7 Å². The lowest BCUT2D eigenvalue weighted by atomic mass is 10.00. The molecule has 1 atom stereocenters. The second-order valence-corrected chi connectivity index (χ2v) is 9.72. The Bertz CT molecular complexity index is 1530. The lowest BCUT2D eigenvalue weighted by Crippen LogP contribution is -2.18. The number of ether oxygens (including phenoxy) is 1. The number of halogens is 4. The van der Waals surface area contributed by atoms with Crippen molar-refractivity contribution in [2.75, 3.05) is 17.7 Å². The van der Waals surface area contributed by atoms with Gasteiger partial charge in [-0.05, 0) is 71.8 Å². The first kappa shape index (κ1) is 27.4. The maximum absolute atomic E-state index is 15.3. The zero-order chi connectivity index (χ0) is 28.4. The van der Waals surface area contributed by atoms with Gasteiger partial charge in [0.15, 0.2) is 5.69 Å². The SMILES string of the molecule is NCc1cccc(-n2nc(C(F)(F)F)cc2C(=O)Nc2ccc(C(OCC3CC3)c3cccc(N)c3)cc2F)c1. The molecule has 1 amide bonds. The van der Waals surface area contributed by atoms with Crippen LogP contribution in [0.4, 0.5) is 28.9 Å². The highest BCUT2D eigenvalue weighted by atomic mass is 19.4. The molecule has 0 radical (unpaired) electrons. The van der Waals surface area contributed by atoms with Gasteiger partial charge in [0.1, 0.15) is 17.6 Å². The van der Waals surface area contributed by atoms with Gasteiger partial charge in [-0.25, -0.2) is 9.07 Å². The van der Waals surface area contributed by atoms with Crippen LogP contribution in [0.2, 0.25) is 0 Å². The van der Waals surface area contributed by atoms with Gasteiger partial charge >= 0.3 is 6.18 Å². The van der Waals surface area contributed by atoms with E-state index in [4.69, 9.17) is 16.2 Å². The Morgan fingerprint density at radius 3 is 2.48 bits per heavy atom. The van der Waals surface area contributed by atoms with E-state index in [-0.39, 0.29) is 17.9 Å². The van der Waals surface area contributed by atoms with Crippen molar-refractivity contribution in [3.8, 4) is 5.69 Å². The highest BCUT2D eigenvalue weighted by Gasteiger charge is 2.36. The van der Waals surface area contributed by atoms with Crippen LogP contribution in [0.15, 0.2) is 72.8 Å². The summed E-state index contributed by atoms with van der Waals surface area (Å²) in [6, 6.07) is 18.2. The number of benzene rings is 3. The third-order valence-electron chi connectivity index (χ3n) is 6.58. The van der Waals surface area contributed by atoms with E-state index in [1.54, 1.807) is 36.4 Å². The highest BCUT2D eigenvalue weighted by molar-refractivity contribution is 6.03. The molecule has 1 fully saturated rings. The number of nitrogens with zero attached hydrogens (tertiary/aromatic N) is 2. The van der Waals surface area contributed by atoms with Gasteiger partial charge < -0.3 is 21.5 Å². The fourth-order valence-corrected chi connectivity index (χ4v) is 4.30. The lowest BCUT2D eigenvalue weighted by Gasteiger charge is -2.20. The van der Waals surface area contributed by atoms with Gasteiger partial charge in [0, 0.05) is 18.3 Å². The molecule has 1 aliphatic rings. The average Bonchev–Trinajstić information content (AvgIpc) is 3.63. The molecule has 1 aliphatic carbocycles. The number of alkyl halides is 3. The lowest BCUT2D eigenvalue weighted by molar-refractivity contribution is -0.141. The fraction of sp³-hybridized carbons (Fsp3) is 0.241. The van der Waals surface area contributed by atoms with Crippen LogP contribution in [0.1, 0.15) is 51.8 Å². The van der Waals surface area contributed by atoms with Crippen molar-refractivity contribution in [1.29, 1.82) is 0 Å². The Kier molecular flexibility index (Phi) is 7.59. The minimum atomic E-state index is -4.80. The molecule has 1 heterocycles. The van der Waals surface area contributed by atoms with Crippen molar-refractivity contribution in [3.05, 3.63) is 107 Å². The summed E-state index contributed by atoms with van der Waals surface area (Å²) in [5.74, 6) is -1.28. The minimum absolute atomic E-state index is 0.140. The highest BCUT2D eigenvalue weighted by Crippen LogP contribution is 2.35. The topological polar surface area (TPSA) is 108 Å². The Morgan fingerprint density at radius 1 is 1.05 bits per heavy atom. The van der Waals surface area contributed by atoms with Crippen LogP contribution in [0.3, 0.4) is 0 Å². The monoisotopic (exact) mass is 553 g/mol. The number of nitrogen functional groups attached to an aromatic ring is 1. The normalized spacial score (nSPS) is 14.2. The second-order valence-electron chi connectivity index (χ2n) is 9.72. The van der Waals surface area contributed by atoms with E-state index in [0.717, 1.165) is 23.1 Å². The number of rotatable bonds is 9. The molecule has 40 heavy (non-hydrogen) atoms. The van der Waals surface area contributed by atoms with Gasteiger partial charge in [0.05, 0.1) is 18.0 Å². The van der Waals surface area contributed by atoms with Crippen molar-refractivity contribution in [2.45, 2.75) is 31.7 Å². The molecule has 7 nitrogen and oxygen atoms in total. The summed E-state index contributed by atoms with van der Waals surface area (Å²) in [5, 5.41) is 5.98. The second kappa shape index (κ2) is 11.1. The molecule has 0 saturated heterocycles. The third-order valence-corrected chi connectivity index (χ3v) is 6.58. The molecule has 208 valence electrons. The van der Waals surface area contributed by atoms with Crippen molar-refractivity contribution in [1.82, 2.24) is 9.78 Å². The van der Waals surface area contributed by atoms with Crippen LogP contribution in [-0.2, 0) is 17.5 Å². The van der Waals surface area contributed by atoms with Crippen LogP contribution in [0.5, 0.6) is 0 Å². The molecule has 1 saturated carbocycles. The molecule has 1 aromatic heterocycles. The quantitative estimate of drug-likeness (QED) is 0.178. The number of carbonyl (C=O) groups is 1. The van der Waals surface area contributed by atoms with E-state index in [0.29, 0.717) is 35.4 Å². The number of hydrogen-bond donors (Lipinski definition) is 3. The summed E-state index contributed by atoms with van der Waals surface area (Å²) < 4.78 is 62.8. The summed E-state index contributed by atoms with van der Waals surface area (Å²) >= 11 is 0. The van der Waals surface area contributed by atoms with Crippen LogP contribution >= 0.6 is 0 Å². The van der Waals surface area contributed by atoms with E-state index in [9.17, 15) is 18.0 Å². The first-order valence-electron chi connectivity index (χ1n) is 12.7. The average molecular weight is 554 g/mol. The Morgan fingerprint density at radius 2 is 1.80 bits per heavy atom. The predicted molar refractivity (Wildman–Crippen MR) is 142 cm³/mol. The first-order chi connectivity index (χ1) is 19.1. The van der Waals surface area contributed by atoms with Crippen molar-refractivity contribution < 1.29 is 27.1 Å². The molecule has 5 N–H and O–H groups in total. The minimum Gasteiger partial charge on any atom is -0.399 e. The summed E-state index contributed by atoms with van der Waals surface area (Å²) in [5.41, 5.74) is 12.3. The van der Waals surface area contributed by atoms with E-state index < -0.39 is 35.4 Å². The zero-order valence-electron chi connectivity index (χ0n) is 21.3. The van der Waals surface area contributed by atoms with E-state index in [1.807, 2.05) is 6.07 Å². The molecular formula is C29H27F4N5O2. The predicted octanol–water partition coefficient (Wildman–Crippen LogP) is 5.84. The molecule has 0 aliphatic heterocycles. The van der Waals surface area contributed by atoms with Crippen LogP contribution in [0.25, 0.3) is 5.69 Å². The number of nitrogens with one attached hydrogen (secondary N) is 1. The molecule has 0 spiro atoms. The van der Waals surface area contributed by atoms with E-state index in [1.165, 1.54) is 24.3 Å². The molecule has 3 aromatic carbocycles. The molecule has 11 heteroatoms. The van der Waals surface area contributed by atoms with Gasteiger partial charge in [-0.1, -0.05) is 30.3 Å². The van der Waals surface area contributed by atoms with Gasteiger partial charge in [-0.2, -0.15) is 18.3 Å². The van der Waals surface area contributed by atoms with Gasteiger partial charge in [0.2, 0.25) is 0 Å². The molecule has 4 aromatic rings. The summed E-state index contributed by atoms with van der Waals surface area (Å²) in [7, 11) is 0. The first-order valence-corrected chi connectivity index (χ1v) is 12.7. The Labute approximate surface area is 227 Å². The standard InChI is InChI=1S/C29H27F4N5O2/c30-23-13-20(27(40-16-17-7-8-17)19-4-2-5-21(35)12-19)9-10-24(23)36-28(39)25-14-26(29(31,32)33)37-38(25)22-6-1-3-18(11-22)15-34/h1-6,9-14,17,27H,7-8,15-16,34-35H2,(H,36,39). The summed E-state index contributed by atoms with van der Waals surface area (Å²) in [6.07, 6.45) is -3.23. The van der Waals surface area contributed by atoms with E-state index in [2.05, 4.69) is 10.4 Å². The summed E-state index contributed by atoms with van der Waals surface area (Å²) in [6.45, 7) is 0.651. The smallest absolute Gasteiger partial charge is 0.399 e. The Balaban J connectivity index is 1.44. The summed E-state index contributed by atoms with van der Waals surface area (Å²) in [4.78, 5) is 13.1. The maximum atomic E-state index is 15.3. The fourth-order valence-electron chi connectivity index (χ4n) is 4.30. The molecular weight excluding hydrogens is 526 g/mol. The van der Waals surface area contributed by atoms with Crippen molar-refractivity contribution >= 4 is 17.3 Å². The number of carbonyl (C=O) groups excluding carboxylic acids is 1. The zero-order valence-corrected chi connectivity index (χ0v) is 21.3. The van der Waals surface area contributed by atoms with Gasteiger partial charge in [-0.15, -0.1) is 0 Å². The van der Waals surface area contributed by atoms with Crippen molar-refractivity contribution in [3.63, 3.8) is 0 Å².